The third-order valence-corrected chi connectivity index (χ3v) is 5.36. The van der Waals surface area contributed by atoms with Crippen LogP contribution in [0.2, 0.25) is 5.02 Å². The highest BCUT2D eigenvalue weighted by molar-refractivity contribution is 6.48. The van der Waals surface area contributed by atoms with Gasteiger partial charge < -0.3 is 19.7 Å². The minimum Gasteiger partial charge on any atom is -0.494 e. The highest BCUT2D eigenvalue weighted by Gasteiger charge is 2.18. The second kappa shape index (κ2) is 8.27. The van der Waals surface area contributed by atoms with Gasteiger partial charge in [-0.1, -0.05) is 17.1 Å². The average Bonchev–Trinajstić information content (AvgIpc) is 2.77. The molecule has 0 saturated carbocycles. The Morgan fingerprint density at radius 1 is 1.28 bits per heavy atom. The van der Waals surface area contributed by atoms with Crippen LogP contribution >= 0.6 is 11.6 Å². The van der Waals surface area contributed by atoms with E-state index in [0.29, 0.717) is 54.1 Å². The molecule has 4 rings (SSSR count). The molecular weight excluding hydrogens is 391 g/mol. The summed E-state index contributed by atoms with van der Waals surface area (Å²) in [6.07, 6.45) is 1.68. The molecule has 1 fully saturated rings. The van der Waals surface area contributed by atoms with Crippen molar-refractivity contribution in [2.45, 2.75) is 0 Å². The van der Waals surface area contributed by atoms with Gasteiger partial charge >= 0.3 is 0 Å². The number of benzene rings is 2. The Hall–Kier alpha value is -2.84. The molecule has 7 nitrogen and oxygen atoms in total. The summed E-state index contributed by atoms with van der Waals surface area (Å²) < 4.78 is 10.7. The molecule has 148 valence electrons. The summed E-state index contributed by atoms with van der Waals surface area (Å²) in [5.41, 5.74) is 2.96. The molecular formula is C20H20BClN4O3. The van der Waals surface area contributed by atoms with Crippen molar-refractivity contribution in [3.8, 4) is 5.75 Å². The van der Waals surface area contributed by atoms with E-state index < -0.39 is 0 Å². The van der Waals surface area contributed by atoms with Gasteiger partial charge in [0.2, 0.25) is 5.95 Å². The second-order valence-electron chi connectivity index (χ2n) is 6.77. The summed E-state index contributed by atoms with van der Waals surface area (Å²) in [5, 5.41) is 4.51. The fourth-order valence-electron chi connectivity index (χ4n) is 3.26. The highest BCUT2D eigenvalue weighted by atomic mass is 35.5. The Balaban J connectivity index is 1.55. The van der Waals surface area contributed by atoms with Crippen LogP contribution in [0.3, 0.4) is 0 Å². The monoisotopic (exact) mass is 410 g/mol. The van der Waals surface area contributed by atoms with Crippen molar-refractivity contribution in [2.75, 3.05) is 38.7 Å². The summed E-state index contributed by atoms with van der Waals surface area (Å²) in [7, 11) is 3.51. The smallest absolute Gasteiger partial charge is 0.254 e. The molecule has 0 unspecified atom stereocenters. The van der Waals surface area contributed by atoms with E-state index in [-0.39, 0.29) is 5.91 Å². The lowest BCUT2D eigenvalue weighted by atomic mass is 9.94. The number of nitrogens with zero attached hydrogens (tertiary/aromatic N) is 3. The SMILES string of the molecule is Bc1cc(OC)c2nc(Nc3ccc(C(=O)N4CCOCC4)cc3)ncc2c1Cl. The maximum absolute atomic E-state index is 12.5. The molecule has 1 N–H and O–H groups in total. The van der Waals surface area contributed by atoms with E-state index in [0.717, 1.165) is 16.5 Å². The van der Waals surface area contributed by atoms with Crippen LogP contribution in [-0.4, -0.2) is 62.0 Å². The number of halogens is 1. The summed E-state index contributed by atoms with van der Waals surface area (Å²) in [5.74, 6) is 1.07. The van der Waals surface area contributed by atoms with E-state index in [1.807, 2.05) is 26.0 Å². The van der Waals surface area contributed by atoms with Crippen LogP contribution in [0, 0.1) is 0 Å². The van der Waals surface area contributed by atoms with Crippen LogP contribution < -0.4 is 15.5 Å². The molecule has 0 radical (unpaired) electrons. The van der Waals surface area contributed by atoms with Crippen molar-refractivity contribution in [3.05, 3.63) is 47.1 Å². The van der Waals surface area contributed by atoms with Gasteiger partial charge in [0.15, 0.2) is 0 Å². The summed E-state index contributed by atoms with van der Waals surface area (Å²) >= 11 is 6.38. The van der Waals surface area contributed by atoms with E-state index in [4.69, 9.17) is 21.1 Å². The van der Waals surface area contributed by atoms with Crippen molar-refractivity contribution in [1.82, 2.24) is 14.9 Å². The second-order valence-corrected chi connectivity index (χ2v) is 7.15. The third kappa shape index (κ3) is 3.99. The zero-order chi connectivity index (χ0) is 20.4. The molecule has 3 aromatic rings. The highest BCUT2D eigenvalue weighted by Crippen LogP contribution is 2.29. The first kappa shape index (κ1) is 19.5. The zero-order valence-corrected chi connectivity index (χ0v) is 17.0. The zero-order valence-electron chi connectivity index (χ0n) is 16.2. The fraction of sp³-hybridized carbons (Fsp3) is 0.250. The van der Waals surface area contributed by atoms with Crippen molar-refractivity contribution < 1.29 is 14.3 Å². The molecule has 2 heterocycles. The Morgan fingerprint density at radius 3 is 2.69 bits per heavy atom. The number of nitrogens with one attached hydrogen (secondary N) is 1. The number of fused-ring (bicyclic) bond motifs is 1. The van der Waals surface area contributed by atoms with Gasteiger partial charge in [-0.15, -0.1) is 0 Å². The van der Waals surface area contributed by atoms with Crippen LogP contribution in [0.15, 0.2) is 36.5 Å². The molecule has 0 bridgehead atoms. The van der Waals surface area contributed by atoms with E-state index in [9.17, 15) is 4.79 Å². The minimum atomic E-state index is 0.0107. The predicted molar refractivity (Wildman–Crippen MR) is 116 cm³/mol. The molecule has 1 aliphatic rings. The Labute approximate surface area is 174 Å². The summed E-state index contributed by atoms with van der Waals surface area (Å²) in [6, 6.07) is 9.11. The first-order valence-corrected chi connectivity index (χ1v) is 9.68. The van der Waals surface area contributed by atoms with Crippen molar-refractivity contribution >= 4 is 53.4 Å². The summed E-state index contributed by atoms with van der Waals surface area (Å²) in [6.45, 7) is 2.40. The van der Waals surface area contributed by atoms with Gasteiger partial charge in [-0.05, 0) is 30.3 Å². The Kier molecular flexibility index (Phi) is 5.55. The number of hydrogen-bond donors (Lipinski definition) is 1. The van der Waals surface area contributed by atoms with E-state index in [1.54, 1.807) is 30.3 Å². The van der Waals surface area contributed by atoms with Crippen LogP contribution in [0.4, 0.5) is 11.6 Å². The minimum absolute atomic E-state index is 0.0107. The molecule has 1 saturated heterocycles. The quantitative estimate of drug-likeness (QED) is 0.661. The molecule has 1 aliphatic heterocycles. The lowest BCUT2D eigenvalue weighted by Crippen LogP contribution is -2.40. The maximum Gasteiger partial charge on any atom is 0.254 e. The molecule has 0 aliphatic carbocycles. The number of morpholine rings is 1. The number of carbonyl (C=O) groups is 1. The van der Waals surface area contributed by atoms with Gasteiger partial charge in [0, 0.05) is 40.9 Å². The number of anilines is 2. The Bertz CT molecular complexity index is 1060. The van der Waals surface area contributed by atoms with Gasteiger partial charge in [-0.2, -0.15) is 0 Å². The van der Waals surface area contributed by atoms with E-state index in [1.165, 1.54) is 0 Å². The van der Waals surface area contributed by atoms with Crippen LogP contribution in [0.1, 0.15) is 10.4 Å². The van der Waals surface area contributed by atoms with Crippen LogP contribution in [0.5, 0.6) is 5.75 Å². The molecule has 1 aromatic heterocycles. The summed E-state index contributed by atoms with van der Waals surface area (Å²) in [4.78, 5) is 23.3. The molecule has 9 heteroatoms. The van der Waals surface area contributed by atoms with Crippen LogP contribution in [0.25, 0.3) is 10.9 Å². The first-order valence-electron chi connectivity index (χ1n) is 9.31. The van der Waals surface area contributed by atoms with Gasteiger partial charge in [0.05, 0.1) is 20.3 Å². The fourth-order valence-corrected chi connectivity index (χ4v) is 3.45. The maximum atomic E-state index is 12.5. The standard InChI is InChI=1S/C20H20BClN4O3/c1-28-16-10-15(21)17(22)14-11-23-20(25-18(14)16)24-13-4-2-12(3-5-13)19(27)26-6-8-29-9-7-26/h2-5,10-11H,6-9,21H2,1H3,(H,23,24,25). The van der Waals surface area contributed by atoms with Crippen molar-refractivity contribution in [1.29, 1.82) is 0 Å². The van der Waals surface area contributed by atoms with Crippen LogP contribution in [-0.2, 0) is 4.74 Å². The average molecular weight is 411 g/mol. The lowest BCUT2D eigenvalue weighted by molar-refractivity contribution is 0.0303. The normalized spacial score (nSPS) is 14.1. The van der Waals surface area contributed by atoms with Gasteiger partial charge in [-0.25, -0.2) is 9.97 Å². The molecule has 1 amide bonds. The number of aromatic nitrogens is 2. The molecule has 0 atom stereocenters. The predicted octanol–water partition coefficient (Wildman–Crippen LogP) is 1.77. The lowest BCUT2D eigenvalue weighted by Gasteiger charge is -2.26. The van der Waals surface area contributed by atoms with Gasteiger partial charge in [0.25, 0.3) is 5.91 Å². The number of amides is 1. The number of carbonyl (C=O) groups excluding carboxylic acids is 1. The molecule has 29 heavy (non-hydrogen) atoms. The largest absolute Gasteiger partial charge is 0.494 e. The molecule has 2 aromatic carbocycles. The third-order valence-electron chi connectivity index (χ3n) is 4.86. The van der Waals surface area contributed by atoms with E-state index in [2.05, 4.69) is 15.3 Å². The topological polar surface area (TPSA) is 76.6 Å². The number of ether oxygens (including phenoxy) is 2. The number of methoxy groups -OCH3 is 1. The van der Waals surface area contributed by atoms with Crippen molar-refractivity contribution in [2.24, 2.45) is 0 Å². The molecule has 0 spiro atoms. The number of hydrogen-bond acceptors (Lipinski definition) is 6. The van der Waals surface area contributed by atoms with Gasteiger partial charge in [0.1, 0.15) is 19.1 Å². The van der Waals surface area contributed by atoms with Gasteiger partial charge in [-0.3, -0.25) is 4.79 Å². The van der Waals surface area contributed by atoms with E-state index >= 15 is 0 Å². The number of rotatable bonds is 4. The van der Waals surface area contributed by atoms with Crippen molar-refractivity contribution in [3.63, 3.8) is 0 Å². The first-order chi connectivity index (χ1) is 14.1. The Morgan fingerprint density at radius 2 is 2.00 bits per heavy atom.